The number of fused-ring (bicyclic) bond motifs is 1. The Morgan fingerprint density at radius 1 is 1.32 bits per heavy atom. The molecule has 0 amide bonds. The summed E-state index contributed by atoms with van der Waals surface area (Å²) in [5.41, 5.74) is 1.22. The Morgan fingerprint density at radius 2 is 2.05 bits per heavy atom. The van der Waals surface area contributed by atoms with Crippen LogP contribution in [0.5, 0.6) is 0 Å². The summed E-state index contributed by atoms with van der Waals surface area (Å²) >= 11 is 5.99. The monoisotopic (exact) mass is 344 g/mol. The maximum Gasteiger partial charge on any atom is 0.334 e. The first-order valence-corrected chi connectivity index (χ1v) is 9.28. The van der Waals surface area contributed by atoms with Gasteiger partial charge in [0.05, 0.1) is 25.2 Å². The molecular weight excluding hydrogens is 327 g/mol. The second-order valence-corrected chi connectivity index (χ2v) is 7.79. The van der Waals surface area contributed by atoms with E-state index in [0.29, 0.717) is 36.1 Å². The summed E-state index contributed by atoms with van der Waals surface area (Å²) < 4.78 is 25.5. The minimum atomic E-state index is -3.02. The van der Waals surface area contributed by atoms with E-state index < -0.39 is 7.60 Å². The van der Waals surface area contributed by atoms with Crippen molar-refractivity contribution in [2.75, 3.05) is 13.2 Å². The third-order valence-electron chi connectivity index (χ3n) is 3.70. The first-order chi connectivity index (χ1) is 10.6. The summed E-state index contributed by atoms with van der Waals surface area (Å²) in [7, 11) is -3.02. The second kappa shape index (κ2) is 6.24. The van der Waals surface area contributed by atoms with Crippen LogP contribution in [0.4, 0.5) is 0 Å². The van der Waals surface area contributed by atoms with Gasteiger partial charge in [0.1, 0.15) is 11.8 Å². The van der Waals surface area contributed by atoms with Crippen LogP contribution < -0.4 is 0 Å². The lowest BCUT2D eigenvalue weighted by Crippen LogP contribution is -2.06. The van der Waals surface area contributed by atoms with E-state index in [1.807, 2.05) is 18.4 Å². The molecule has 22 heavy (non-hydrogen) atoms. The van der Waals surface area contributed by atoms with Gasteiger partial charge in [-0.1, -0.05) is 11.6 Å². The highest BCUT2D eigenvalue weighted by atomic mass is 35.5. The number of aromatic nitrogens is 4. The van der Waals surface area contributed by atoms with Crippen molar-refractivity contribution < 1.29 is 13.6 Å². The van der Waals surface area contributed by atoms with E-state index in [4.69, 9.17) is 20.6 Å². The summed E-state index contributed by atoms with van der Waals surface area (Å²) in [5, 5.41) is 0.338. The first-order valence-electron chi connectivity index (χ1n) is 7.29. The van der Waals surface area contributed by atoms with Crippen LogP contribution in [0.15, 0.2) is 12.7 Å². The Labute approximate surface area is 133 Å². The van der Waals surface area contributed by atoms with Gasteiger partial charge < -0.3 is 13.6 Å². The molecule has 7 nitrogen and oxygen atoms in total. The van der Waals surface area contributed by atoms with Gasteiger partial charge in [0.25, 0.3) is 0 Å². The van der Waals surface area contributed by atoms with Crippen molar-refractivity contribution >= 4 is 30.4 Å². The Morgan fingerprint density at radius 3 is 2.73 bits per heavy atom. The van der Waals surface area contributed by atoms with Crippen molar-refractivity contribution in [2.24, 2.45) is 5.92 Å². The molecule has 0 N–H and O–H groups in total. The van der Waals surface area contributed by atoms with Crippen molar-refractivity contribution in [1.82, 2.24) is 19.5 Å². The molecule has 120 valence electrons. The van der Waals surface area contributed by atoms with Crippen molar-refractivity contribution in [3.8, 4) is 0 Å². The van der Waals surface area contributed by atoms with E-state index in [1.54, 1.807) is 6.33 Å². The molecule has 0 radical (unpaired) electrons. The minimum absolute atomic E-state index is 0.0536. The van der Waals surface area contributed by atoms with E-state index in [2.05, 4.69) is 15.0 Å². The SMILES string of the molecule is CCOP(=O)(OCC)[C@H]1C[C@@H]1Cn1cnc2c(Cl)ncnc21. The topological polar surface area (TPSA) is 79.1 Å². The zero-order valence-electron chi connectivity index (χ0n) is 12.5. The normalized spacial score (nSPS) is 21.4. The number of rotatable bonds is 7. The molecule has 0 aromatic carbocycles. The highest BCUT2D eigenvalue weighted by Crippen LogP contribution is 2.65. The molecular formula is C13H18ClN4O3P. The average molecular weight is 345 g/mol. The molecule has 0 unspecified atom stereocenters. The van der Waals surface area contributed by atoms with E-state index in [-0.39, 0.29) is 11.6 Å². The van der Waals surface area contributed by atoms with Gasteiger partial charge >= 0.3 is 7.60 Å². The summed E-state index contributed by atoms with van der Waals surface area (Å²) in [6.07, 6.45) is 3.92. The summed E-state index contributed by atoms with van der Waals surface area (Å²) in [5.74, 6) is 0.232. The van der Waals surface area contributed by atoms with Crippen LogP contribution in [-0.2, 0) is 20.2 Å². The van der Waals surface area contributed by atoms with E-state index in [9.17, 15) is 4.57 Å². The third kappa shape index (κ3) is 2.91. The van der Waals surface area contributed by atoms with Crippen molar-refractivity contribution in [3.05, 3.63) is 17.8 Å². The molecule has 3 rings (SSSR count). The quantitative estimate of drug-likeness (QED) is 0.567. The molecule has 1 aliphatic rings. The number of imidazole rings is 1. The molecule has 2 heterocycles. The van der Waals surface area contributed by atoms with E-state index in [0.717, 1.165) is 6.42 Å². The summed E-state index contributed by atoms with van der Waals surface area (Å²) in [4.78, 5) is 12.4. The predicted molar refractivity (Wildman–Crippen MR) is 83.1 cm³/mol. The van der Waals surface area contributed by atoms with Crippen LogP contribution in [0.25, 0.3) is 11.2 Å². The standard InChI is InChI=1S/C13H18ClN4O3P/c1-3-20-22(19,21-4-2)10-5-9(10)6-18-8-17-11-12(14)15-7-16-13(11)18/h7-10H,3-6H2,1-2H3/t9-,10+/m1/s1. The second-order valence-electron chi connectivity index (χ2n) is 5.17. The fourth-order valence-corrected chi connectivity index (χ4v) is 5.14. The molecule has 1 fully saturated rings. The van der Waals surface area contributed by atoms with E-state index >= 15 is 0 Å². The third-order valence-corrected chi connectivity index (χ3v) is 6.65. The molecule has 0 bridgehead atoms. The van der Waals surface area contributed by atoms with Crippen LogP contribution in [-0.4, -0.2) is 38.4 Å². The van der Waals surface area contributed by atoms with Gasteiger partial charge in [-0.15, -0.1) is 0 Å². The number of nitrogens with zero attached hydrogens (tertiary/aromatic N) is 4. The van der Waals surface area contributed by atoms with Crippen molar-refractivity contribution in [3.63, 3.8) is 0 Å². The lowest BCUT2D eigenvalue weighted by atomic mass is 10.4. The lowest BCUT2D eigenvalue weighted by Gasteiger charge is -2.17. The Balaban J connectivity index is 1.75. The maximum atomic E-state index is 12.7. The van der Waals surface area contributed by atoms with Crippen LogP contribution in [0.3, 0.4) is 0 Å². The Kier molecular flexibility index (Phi) is 4.50. The molecule has 0 aliphatic heterocycles. The maximum absolute atomic E-state index is 12.7. The summed E-state index contributed by atoms with van der Waals surface area (Å²) in [6.45, 7) is 5.09. The molecule has 2 aromatic heterocycles. The predicted octanol–water partition coefficient (Wildman–Crippen LogP) is 3.13. The highest BCUT2D eigenvalue weighted by Gasteiger charge is 2.52. The molecule has 2 atom stereocenters. The average Bonchev–Trinajstić information content (AvgIpc) is 3.14. The molecule has 1 saturated carbocycles. The van der Waals surface area contributed by atoms with Gasteiger partial charge in [-0.3, -0.25) is 4.57 Å². The van der Waals surface area contributed by atoms with E-state index in [1.165, 1.54) is 6.33 Å². The van der Waals surface area contributed by atoms with Crippen LogP contribution in [0, 0.1) is 5.92 Å². The molecule has 1 aliphatic carbocycles. The highest BCUT2D eigenvalue weighted by molar-refractivity contribution is 7.55. The van der Waals surface area contributed by atoms with Crippen LogP contribution in [0.1, 0.15) is 20.3 Å². The first kappa shape index (κ1) is 15.9. The largest absolute Gasteiger partial charge is 0.334 e. The summed E-state index contributed by atoms with van der Waals surface area (Å²) in [6, 6.07) is 0. The fourth-order valence-electron chi connectivity index (χ4n) is 2.64. The van der Waals surface area contributed by atoms with Crippen LogP contribution >= 0.6 is 19.2 Å². The van der Waals surface area contributed by atoms with Gasteiger partial charge in [-0.05, 0) is 26.2 Å². The lowest BCUT2D eigenvalue weighted by molar-refractivity contribution is 0.217. The van der Waals surface area contributed by atoms with Gasteiger partial charge in [0.15, 0.2) is 10.8 Å². The smallest absolute Gasteiger partial charge is 0.315 e. The van der Waals surface area contributed by atoms with Gasteiger partial charge in [-0.25, -0.2) is 15.0 Å². The molecule has 0 spiro atoms. The zero-order valence-corrected chi connectivity index (χ0v) is 14.1. The van der Waals surface area contributed by atoms with Crippen LogP contribution in [0.2, 0.25) is 5.15 Å². The molecule has 0 saturated heterocycles. The number of halogens is 1. The van der Waals surface area contributed by atoms with Gasteiger partial charge in [0.2, 0.25) is 0 Å². The Bertz CT molecular complexity index is 712. The molecule has 2 aromatic rings. The Hall–Kier alpha value is -1.01. The number of hydrogen-bond acceptors (Lipinski definition) is 6. The minimum Gasteiger partial charge on any atom is -0.315 e. The van der Waals surface area contributed by atoms with Crippen molar-refractivity contribution in [1.29, 1.82) is 0 Å². The fraction of sp³-hybridized carbons (Fsp3) is 0.615. The molecule has 9 heteroatoms. The number of hydrogen-bond donors (Lipinski definition) is 0. The van der Waals surface area contributed by atoms with Gasteiger partial charge in [-0.2, -0.15) is 0 Å². The van der Waals surface area contributed by atoms with Gasteiger partial charge in [0, 0.05) is 6.54 Å². The van der Waals surface area contributed by atoms with Crippen molar-refractivity contribution in [2.45, 2.75) is 32.5 Å². The zero-order chi connectivity index (χ0) is 15.7.